The summed E-state index contributed by atoms with van der Waals surface area (Å²) in [6, 6.07) is 8.27. The first-order valence-corrected chi connectivity index (χ1v) is 8.11. The third-order valence-electron chi connectivity index (χ3n) is 3.89. The molecular weight excluding hydrogens is 288 g/mol. The molecule has 0 aliphatic carbocycles. The maximum Gasteiger partial charge on any atom is 0.255 e. The van der Waals surface area contributed by atoms with Gasteiger partial charge in [-0.15, -0.1) is 0 Å². The Balaban J connectivity index is 2.09. The molecule has 0 aliphatic rings. The Morgan fingerprint density at radius 3 is 2.74 bits per heavy atom. The largest absolute Gasteiger partial charge is 0.378 e. The lowest BCUT2D eigenvalue weighted by Gasteiger charge is -2.14. The summed E-state index contributed by atoms with van der Waals surface area (Å²) in [6.07, 6.45) is 2.87. The first-order chi connectivity index (χ1) is 11.0. The van der Waals surface area contributed by atoms with Crippen LogP contribution in [0.1, 0.15) is 36.6 Å². The van der Waals surface area contributed by atoms with Crippen LogP contribution >= 0.6 is 0 Å². The van der Waals surface area contributed by atoms with Crippen molar-refractivity contribution in [2.24, 2.45) is 0 Å². The minimum absolute atomic E-state index is 0.0320. The van der Waals surface area contributed by atoms with Gasteiger partial charge in [-0.25, -0.2) is 4.98 Å². The van der Waals surface area contributed by atoms with Crippen molar-refractivity contribution >= 4 is 11.6 Å². The van der Waals surface area contributed by atoms with Crippen LogP contribution in [0.4, 0.5) is 11.6 Å². The Labute approximate surface area is 137 Å². The molecule has 0 aliphatic heterocycles. The summed E-state index contributed by atoms with van der Waals surface area (Å²) in [5, 5.41) is 3.21. The van der Waals surface area contributed by atoms with Crippen molar-refractivity contribution < 1.29 is 0 Å². The van der Waals surface area contributed by atoms with Gasteiger partial charge in [0.05, 0.1) is 0 Å². The Bertz CT molecular complexity index is 706. The highest BCUT2D eigenvalue weighted by atomic mass is 16.1. The monoisotopic (exact) mass is 314 g/mol. The maximum atomic E-state index is 12.2. The second-order valence-electron chi connectivity index (χ2n) is 6.00. The molecule has 0 amide bonds. The molecule has 2 rings (SSSR count). The molecule has 0 unspecified atom stereocenters. The van der Waals surface area contributed by atoms with E-state index in [0.29, 0.717) is 12.5 Å². The SMILES string of the molecule is CCCCc1c(C)nc(NCc2cccc(N(C)C)c2)[nH]c1=O. The van der Waals surface area contributed by atoms with Gasteiger partial charge in [0.1, 0.15) is 0 Å². The van der Waals surface area contributed by atoms with E-state index in [9.17, 15) is 4.79 Å². The van der Waals surface area contributed by atoms with E-state index >= 15 is 0 Å². The minimum atomic E-state index is -0.0320. The van der Waals surface area contributed by atoms with Crippen LogP contribution in [0.5, 0.6) is 0 Å². The zero-order chi connectivity index (χ0) is 16.8. The predicted molar refractivity (Wildman–Crippen MR) is 96.3 cm³/mol. The molecular formula is C18H26N4O. The standard InChI is InChI=1S/C18H26N4O/c1-5-6-10-16-13(2)20-18(21-17(16)23)19-12-14-8-7-9-15(11-14)22(3)4/h7-9,11H,5-6,10,12H2,1-4H3,(H2,19,20,21,23). The van der Waals surface area contributed by atoms with Crippen LogP contribution < -0.4 is 15.8 Å². The molecule has 0 saturated carbocycles. The molecule has 5 heteroatoms. The predicted octanol–water partition coefficient (Wildman–Crippen LogP) is 3.10. The highest BCUT2D eigenvalue weighted by Gasteiger charge is 2.07. The zero-order valence-corrected chi connectivity index (χ0v) is 14.4. The topological polar surface area (TPSA) is 61.0 Å². The number of aromatic nitrogens is 2. The summed E-state index contributed by atoms with van der Waals surface area (Å²) >= 11 is 0. The molecule has 0 radical (unpaired) electrons. The number of nitrogens with one attached hydrogen (secondary N) is 2. The van der Waals surface area contributed by atoms with E-state index in [2.05, 4.69) is 45.3 Å². The van der Waals surface area contributed by atoms with Gasteiger partial charge in [-0.3, -0.25) is 9.78 Å². The Kier molecular flexibility index (Phi) is 5.79. The lowest BCUT2D eigenvalue weighted by molar-refractivity contribution is 0.773. The third-order valence-corrected chi connectivity index (χ3v) is 3.89. The van der Waals surface area contributed by atoms with Gasteiger partial charge in [-0.05, 0) is 37.5 Å². The second kappa shape index (κ2) is 7.81. The quantitative estimate of drug-likeness (QED) is 0.824. The fourth-order valence-corrected chi connectivity index (χ4v) is 2.47. The first-order valence-electron chi connectivity index (χ1n) is 8.11. The van der Waals surface area contributed by atoms with Crippen molar-refractivity contribution in [2.45, 2.75) is 39.7 Å². The van der Waals surface area contributed by atoms with Gasteiger partial charge in [0.2, 0.25) is 5.95 Å². The number of nitrogens with zero attached hydrogens (tertiary/aromatic N) is 2. The van der Waals surface area contributed by atoms with Crippen molar-refractivity contribution in [1.82, 2.24) is 9.97 Å². The fraction of sp³-hybridized carbons (Fsp3) is 0.444. The van der Waals surface area contributed by atoms with Crippen LogP contribution in [-0.4, -0.2) is 24.1 Å². The summed E-state index contributed by atoms with van der Waals surface area (Å²) < 4.78 is 0. The number of benzene rings is 1. The number of hydrogen-bond acceptors (Lipinski definition) is 4. The summed E-state index contributed by atoms with van der Waals surface area (Å²) in [7, 11) is 4.04. The van der Waals surface area contributed by atoms with Crippen molar-refractivity contribution in [2.75, 3.05) is 24.3 Å². The molecule has 124 valence electrons. The molecule has 0 saturated heterocycles. The molecule has 2 N–H and O–H groups in total. The minimum Gasteiger partial charge on any atom is -0.378 e. The van der Waals surface area contributed by atoms with Crippen LogP contribution in [-0.2, 0) is 13.0 Å². The number of anilines is 2. The van der Waals surface area contributed by atoms with E-state index < -0.39 is 0 Å². The first kappa shape index (κ1) is 17.1. The third kappa shape index (κ3) is 4.58. The van der Waals surface area contributed by atoms with Gasteiger partial charge >= 0.3 is 0 Å². The van der Waals surface area contributed by atoms with Gasteiger partial charge in [0, 0.05) is 37.6 Å². The molecule has 0 atom stereocenters. The summed E-state index contributed by atoms with van der Waals surface area (Å²) in [6.45, 7) is 4.64. The number of H-pyrrole nitrogens is 1. The van der Waals surface area contributed by atoms with Crippen molar-refractivity contribution in [3.05, 3.63) is 51.4 Å². The van der Waals surface area contributed by atoms with E-state index in [1.807, 2.05) is 27.1 Å². The van der Waals surface area contributed by atoms with E-state index in [1.54, 1.807) is 0 Å². The smallest absolute Gasteiger partial charge is 0.255 e. The Morgan fingerprint density at radius 1 is 1.30 bits per heavy atom. The summed E-state index contributed by atoms with van der Waals surface area (Å²) in [5.41, 5.74) is 3.87. The average molecular weight is 314 g/mol. The fourth-order valence-electron chi connectivity index (χ4n) is 2.47. The normalized spacial score (nSPS) is 10.6. The van der Waals surface area contributed by atoms with Crippen LogP contribution in [0.2, 0.25) is 0 Å². The number of hydrogen-bond donors (Lipinski definition) is 2. The van der Waals surface area contributed by atoms with E-state index in [0.717, 1.165) is 41.8 Å². The number of unbranched alkanes of at least 4 members (excludes halogenated alkanes) is 1. The van der Waals surface area contributed by atoms with E-state index in [-0.39, 0.29) is 5.56 Å². The lowest BCUT2D eigenvalue weighted by Crippen LogP contribution is -2.19. The van der Waals surface area contributed by atoms with Gasteiger partial charge in [0.25, 0.3) is 5.56 Å². The molecule has 1 heterocycles. The van der Waals surface area contributed by atoms with Gasteiger partial charge in [0.15, 0.2) is 0 Å². The number of aryl methyl sites for hydroxylation is 1. The highest BCUT2D eigenvalue weighted by molar-refractivity contribution is 5.47. The highest BCUT2D eigenvalue weighted by Crippen LogP contribution is 2.14. The zero-order valence-electron chi connectivity index (χ0n) is 14.4. The van der Waals surface area contributed by atoms with Crippen LogP contribution in [0.25, 0.3) is 0 Å². The lowest BCUT2D eigenvalue weighted by atomic mass is 10.1. The summed E-state index contributed by atoms with van der Waals surface area (Å²) in [5.74, 6) is 0.531. The summed E-state index contributed by atoms with van der Waals surface area (Å²) in [4.78, 5) is 21.6. The number of aromatic amines is 1. The van der Waals surface area contributed by atoms with Gasteiger partial charge < -0.3 is 10.2 Å². The molecule has 23 heavy (non-hydrogen) atoms. The molecule has 5 nitrogen and oxygen atoms in total. The van der Waals surface area contributed by atoms with Crippen LogP contribution in [0.15, 0.2) is 29.1 Å². The molecule has 1 aromatic carbocycles. The maximum absolute atomic E-state index is 12.2. The van der Waals surface area contributed by atoms with E-state index in [1.165, 1.54) is 0 Å². The average Bonchev–Trinajstić information content (AvgIpc) is 2.52. The molecule has 1 aromatic heterocycles. The molecule has 2 aromatic rings. The Hall–Kier alpha value is -2.30. The molecule has 0 spiro atoms. The molecule has 0 bridgehead atoms. The van der Waals surface area contributed by atoms with Crippen molar-refractivity contribution in [3.63, 3.8) is 0 Å². The Morgan fingerprint density at radius 2 is 2.09 bits per heavy atom. The van der Waals surface area contributed by atoms with Crippen molar-refractivity contribution in [1.29, 1.82) is 0 Å². The number of rotatable bonds is 7. The second-order valence-corrected chi connectivity index (χ2v) is 6.00. The van der Waals surface area contributed by atoms with Crippen LogP contribution in [0, 0.1) is 6.92 Å². The van der Waals surface area contributed by atoms with Crippen LogP contribution in [0.3, 0.4) is 0 Å². The van der Waals surface area contributed by atoms with Gasteiger partial charge in [-0.1, -0.05) is 25.5 Å². The van der Waals surface area contributed by atoms with Gasteiger partial charge in [-0.2, -0.15) is 0 Å². The molecule has 0 fully saturated rings. The van der Waals surface area contributed by atoms with Crippen molar-refractivity contribution in [3.8, 4) is 0 Å². The van der Waals surface area contributed by atoms with E-state index in [4.69, 9.17) is 0 Å².